The molecule has 0 bridgehead atoms. The van der Waals surface area contributed by atoms with E-state index in [2.05, 4.69) is 5.32 Å². The van der Waals surface area contributed by atoms with Crippen molar-refractivity contribution in [1.82, 2.24) is 4.90 Å². The number of amidine groups is 1. The Morgan fingerprint density at radius 1 is 1.32 bits per heavy atom. The number of ether oxygens (including phenoxy) is 2. The van der Waals surface area contributed by atoms with Crippen molar-refractivity contribution in [3.63, 3.8) is 0 Å². The minimum Gasteiger partial charge on any atom is -0.497 e. The van der Waals surface area contributed by atoms with Gasteiger partial charge in [-0.3, -0.25) is 19.5 Å². The summed E-state index contributed by atoms with van der Waals surface area (Å²) < 4.78 is 10.3. The third-order valence-corrected chi connectivity index (χ3v) is 5.65. The third-order valence-electron chi connectivity index (χ3n) is 5.65. The van der Waals surface area contributed by atoms with Gasteiger partial charge < -0.3 is 14.8 Å². The fraction of sp³-hybridized carbons (Fsp3) is 0.571. The highest BCUT2D eigenvalue weighted by Gasteiger charge is 2.49. The van der Waals surface area contributed by atoms with E-state index in [1.54, 1.807) is 25.2 Å². The molecule has 1 aromatic carbocycles. The van der Waals surface area contributed by atoms with Gasteiger partial charge in [-0.15, -0.1) is 0 Å². The summed E-state index contributed by atoms with van der Waals surface area (Å²) in [5.41, 5.74) is 0.0323. The first kappa shape index (κ1) is 20.3. The highest BCUT2D eigenvalue weighted by molar-refractivity contribution is 6.08. The van der Waals surface area contributed by atoms with E-state index in [4.69, 9.17) is 14.5 Å². The summed E-state index contributed by atoms with van der Waals surface area (Å²) in [6.07, 6.45) is 3.24. The second-order valence-corrected chi connectivity index (χ2v) is 7.36. The second kappa shape index (κ2) is 8.73. The molecule has 0 atom stereocenters. The summed E-state index contributed by atoms with van der Waals surface area (Å²) >= 11 is 0. The Morgan fingerprint density at radius 2 is 2.07 bits per heavy atom. The Labute approximate surface area is 166 Å². The molecular formula is C21H29N3O4. The molecule has 1 fully saturated rings. The van der Waals surface area contributed by atoms with Crippen LogP contribution in [0.3, 0.4) is 0 Å². The Hall–Kier alpha value is -2.41. The SMILES string of the molecule is CCC1=NC2(CCC(C(=O)Nc3cccc(OC)c3)CC2)C(=O)N1CCOC. The Bertz CT molecular complexity index is 754. The molecule has 2 aliphatic rings. The van der Waals surface area contributed by atoms with Crippen molar-refractivity contribution >= 4 is 23.3 Å². The number of amides is 2. The van der Waals surface area contributed by atoms with Crippen LogP contribution in [0.5, 0.6) is 5.75 Å². The van der Waals surface area contributed by atoms with Crippen molar-refractivity contribution in [1.29, 1.82) is 0 Å². The van der Waals surface area contributed by atoms with Crippen molar-refractivity contribution in [3.8, 4) is 5.75 Å². The lowest BCUT2D eigenvalue weighted by Crippen LogP contribution is -2.46. The molecule has 1 saturated carbocycles. The van der Waals surface area contributed by atoms with Crippen LogP contribution in [0.4, 0.5) is 5.69 Å². The number of benzene rings is 1. The van der Waals surface area contributed by atoms with Crippen LogP contribution in [0.2, 0.25) is 0 Å². The van der Waals surface area contributed by atoms with Crippen molar-refractivity contribution in [2.75, 3.05) is 32.7 Å². The van der Waals surface area contributed by atoms with Gasteiger partial charge in [0.2, 0.25) is 5.91 Å². The van der Waals surface area contributed by atoms with E-state index in [1.165, 1.54) is 0 Å². The lowest BCUT2D eigenvalue weighted by atomic mass is 9.76. The van der Waals surface area contributed by atoms with E-state index >= 15 is 0 Å². The number of carbonyl (C=O) groups is 2. The molecule has 7 heteroatoms. The molecule has 0 radical (unpaired) electrons. The number of aliphatic imine (C=N–C) groups is 1. The van der Waals surface area contributed by atoms with Gasteiger partial charge in [0.1, 0.15) is 17.1 Å². The zero-order valence-electron chi connectivity index (χ0n) is 16.9. The maximum absolute atomic E-state index is 13.0. The van der Waals surface area contributed by atoms with Gasteiger partial charge in [-0.25, -0.2) is 0 Å². The minimum absolute atomic E-state index is 0.00974. The summed E-state index contributed by atoms with van der Waals surface area (Å²) in [4.78, 5) is 32.3. The van der Waals surface area contributed by atoms with E-state index in [-0.39, 0.29) is 17.7 Å². The molecule has 2 amide bonds. The number of hydrogen-bond acceptors (Lipinski definition) is 5. The average Bonchev–Trinajstić information content (AvgIpc) is 2.98. The molecule has 152 valence electrons. The van der Waals surface area contributed by atoms with E-state index in [0.717, 1.165) is 17.9 Å². The summed E-state index contributed by atoms with van der Waals surface area (Å²) in [7, 11) is 3.23. The summed E-state index contributed by atoms with van der Waals surface area (Å²) in [5.74, 6) is 1.48. The summed E-state index contributed by atoms with van der Waals surface area (Å²) in [6.45, 7) is 3.04. The number of nitrogens with one attached hydrogen (secondary N) is 1. The number of hydrogen-bond donors (Lipinski definition) is 1. The zero-order chi connectivity index (χ0) is 20.1. The zero-order valence-corrected chi connectivity index (χ0v) is 16.9. The van der Waals surface area contributed by atoms with Crippen molar-refractivity contribution in [2.24, 2.45) is 10.9 Å². The van der Waals surface area contributed by atoms with Crippen molar-refractivity contribution in [3.05, 3.63) is 24.3 Å². The number of methoxy groups -OCH3 is 2. The lowest BCUT2D eigenvalue weighted by Gasteiger charge is -2.33. The topological polar surface area (TPSA) is 80.2 Å². The van der Waals surface area contributed by atoms with E-state index in [1.807, 2.05) is 25.1 Å². The van der Waals surface area contributed by atoms with Crippen molar-refractivity contribution < 1.29 is 19.1 Å². The molecular weight excluding hydrogens is 358 g/mol. The second-order valence-electron chi connectivity index (χ2n) is 7.36. The fourth-order valence-corrected chi connectivity index (χ4v) is 4.04. The first-order valence-electron chi connectivity index (χ1n) is 9.87. The molecule has 0 unspecified atom stereocenters. The molecule has 7 nitrogen and oxygen atoms in total. The van der Waals surface area contributed by atoms with E-state index in [0.29, 0.717) is 44.6 Å². The van der Waals surface area contributed by atoms with Crippen molar-refractivity contribution in [2.45, 2.75) is 44.6 Å². The van der Waals surface area contributed by atoms with Gasteiger partial charge in [0.15, 0.2) is 0 Å². The highest BCUT2D eigenvalue weighted by atomic mass is 16.5. The predicted molar refractivity (Wildman–Crippen MR) is 108 cm³/mol. The quantitative estimate of drug-likeness (QED) is 0.780. The van der Waals surface area contributed by atoms with Gasteiger partial charge in [0.25, 0.3) is 5.91 Å². The highest BCUT2D eigenvalue weighted by Crippen LogP contribution is 2.40. The molecule has 1 N–H and O–H groups in total. The molecule has 1 spiro atoms. The monoisotopic (exact) mass is 387 g/mol. The van der Waals surface area contributed by atoms with E-state index < -0.39 is 5.54 Å². The number of nitrogens with zero attached hydrogens (tertiary/aromatic N) is 2. The molecule has 3 rings (SSSR count). The van der Waals surface area contributed by atoms with Crippen LogP contribution in [-0.4, -0.2) is 55.5 Å². The van der Waals surface area contributed by atoms with Crippen LogP contribution < -0.4 is 10.1 Å². The van der Waals surface area contributed by atoms with Crippen LogP contribution in [0, 0.1) is 5.92 Å². The number of rotatable bonds is 7. The normalized spacial score (nSPS) is 24.4. The standard InChI is InChI=1S/C21H29N3O4/c1-4-18-23-21(20(26)24(18)12-13-27-2)10-8-15(9-11-21)19(25)22-16-6-5-7-17(14-16)28-3/h5-7,14-15H,4,8-13H2,1-3H3,(H,22,25). The van der Waals surface area contributed by atoms with Gasteiger partial charge in [0.05, 0.1) is 20.3 Å². The average molecular weight is 387 g/mol. The van der Waals surface area contributed by atoms with Crippen LogP contribution in [0.1, 0.15) is 39.0 Å². The molecule has 1 aliphatic heterocycles. The van der Waals surface area contributed by atoms with E-state index in [9.17, 15) is 9.59 Å². The summed E-state index contributed by atoms with van der Waals surface area (Å²) in [6, 6.07) is 7.33. The first-order valence-corrected chi connectivity index (χ1v) is 9.87. The fourth-order valence-electron chi connectivity index (χ4n) is 4.04. The van der Waals surface area contributed by atoms with Crippen LogP contribution in [0.25, 0.3) is 0 Å². The Balaban J connectivity index is 1.62. The first-order chi connectivity index (χ1) is 13.5. The number of anilines is 1. The van der Waals surface area contributed by atoms with Gasteiger partial charge in [0, 0.05) is 31.2 Å². The molecule has 1 aromatic rings. The molecule has 0 aromatic heterocycles. The largest absolute Gasteiger partial charge is 0.497 e. The number of carbonyl (C=O) groups excluding carboxylic acids is 2. The van der Waals surface area contributed by atoms with Gasteiger partial charge in [-0.2, -0.15) is 0 Å². The molecule has 1 heterocycles. The smallest absolute Gasteiger partial charge is 0.255 e. The van der Waals surface area contributed by atoms with Crippen LogP contribution in [0.15, 0.2) is 29.3 Å². The predicted octanol–water partition coefficient (Wildman–Crippen LogP) is 2.86. The van der Waals surface area contributed by atoms with Crippen LogP contribution in [-0.2, 0) is 14.3 Å². The lowest BCUT2D eigenvalue weighted by molar-refractivity contribution is -0.134. The van der Waals surface area contributed by atoms with Crippen LogP contribution >= 0.6 is 0 Å². The minimum atomic E-state index is -0.689. The maximum atomic E-state index is 13.0. The van der Waals surface area contributed by atoms with Gasteiger partial charge in [-0.05, 0) is 37.8 Å². The van der Waals surface area contributed by atoms with Gasteiger partial charge >= 0.3 is 0 Å². The Kier molecular flexibility index (Phi) is 6.34. The molecule has 0 saturated heterocycles. The molecule has 28 heavy (non-hydrogen) atoms. The Morgan fingerprint density at radius 3 is 2.71 bits per heavy atom. The maximum Gasteiger partial charge on any atom is 0.255 e. The summed E-state index contributed by atoms with van der Waals surface area (Å²) in [5, 5.41) is 2.97. The molecule has 1 aliphatic carbocycles. The third kappa shape index (κ3) is 4.04. The van der Waals surface area contributed by atoms with Gasteiger partial charge in [-0.1, -0.05) is 13.0 Å².